The summed E-state index contributed by atoms with van der Waals surface area (Å²) in [5, 5.41) is 29.5. The molecule has 2 atom stereocenters. The minimum absolute atomic E-state index is 0.537. The summed E-state index contributed by atoms with van der Waals surface area (Å²) in [4.78, 5) is 27.0. The second-order valence-corrected chi connectivity index (χ2v) is 9.45. The van der Waals surface area contributed by atoms with E-state index < -0.39 is 11.9 Å². The molecule has 2 aliphatic heterocycles. The van der Waals surface area contributed by atoms with Gasteiger partial charge in [0.25, 0.3) is 11.8 Å². The predicted molar refractivity (Wildman–Crippen MR) is 141 cm³/mol. The minimum Gasteiger partial charge on any atom is -0.473 e. The van der Waals surface area contributed by atoms with Crippen LogP contribution < -0.4 is 10.6 Å². The fourth-order valence-corrected chi connectivity index (χ4v) is 3.73. The van der Waals surface area contributed by atoms with E-state index in [0.717, 1.165) is 87.5 Å². The van der Waals surface area contributed by atoms with E-state index in [2.05, 4.69) is 70.8 Å². The number of carboxylic acid groups (broad SMARTS) is 2. The van der Waals surface area contributed by atoms with E-state index in [1.54, 1.807) is 0 Å². The van der Waals surface area contributed by atoms with Crippen LogP contribution >= 0.6 is 0 Å². The van der Waals surface area contributed by atoms with E-state index in [4.69, 9.17) is 28.8 Å². The smallest absolute Gasteiger partial charge is 0.414 e. The molecule has 2 aromatic heterocycles. The lowest BCUT2D eigenvalue weighted by Gasteiger charge is -2.16. The highest BCUT2D eigenvalue weighted by Crippen LogP contribution is 2.19. The number of carboxylic acids is 2. The molecule has 4 heterocycles. The maximum atomic E-state index is 9.10. The molecule has 0 aromatic carbocycles. The molecule has 12 nitrogen and oxygen atoms in total. The van der Waals surface area contributed by atoms with Gasteiger partial charge in [-0.3, -0.25) is 0 Å². The Balaban J connectivity index is 0.000000221. The molecule has 2 aromatic rings. The fourth-order valence-electron chi connectivity index (χ4n) is 3.73. The van der Waals surface area contributed by atoms with E-state index >= 15 is 0 Å². The molecule has 0 spiro atoms. The number of nitrogens with zero attached hydrogens (tertiary/aromatic N) is 4. The number of carbonyl (C=O) groups is 2. The number of aryl methyl sites for hydroxylation is 2. The van der Waals surface area contributed by atoms with Crippen LogP contribution in [-0.4, -0.2) is 68.6 Å². The van der Waals surface area contributed by atoms with Crippen LogP contribution in [0, 0.1) is 11.8 Å². The van der Waals surface area contributed by atoms with Gasteiger partial charge in [0.05, 0.1) is 0 Å². The molecule has 0 fully saturated rings. The molecule has 0 radical (unpaired) electrons. The lowest BCUT2D eigenvalue weighted by Crippen LogP contribution is -2.27. The van der Waals surface area contributed by atoms with Crippen LogP contribution in [-0.2, 0) is 22.4 Å². The average molecular weight is 533 g/mol. The van der Waals surface area contributed by atoms with Gasteiger partial charge in [-0.25, -0.2) is 9.59 Å². The van der Waals surface area contributed by atoms with Gasteiger partial charge in [0.15, 0.2) is 11.6 Å². The number of hydrogen-bond acceptors (Lipinski definition) is 10. The van der Waals surface area contributed by atoms with Crippen molar-refractivity contribution in [3.05, 3.63) is 35.6 Å². The summed E-state index contributed by atoms with van der Waals surface area (Å²) in [5.41, 5.74) is 2.27. The molecule has 0 bridgehead atoms. The first-order valence-corrected chi connectivity index (χ1v) is 13.2. The summed E-state index contributed by atoms with van der Waals surface area (Å²) < 4.78 is 10.6. The first-order chi connectivity index (χ1) is 18.2. The van der Waals surface area contributed by atoms with Gasteiger partial charge in [-0.15, -0.1) is 0 Å². The normalized spacial score (nSPS) is 18.7. The zero-order valence-electron chi connectivity index (χ0n) is 22.7. The van der Waals surface area contributed by atoms with E-state index in [0.29, 0.717) is 23.6 Å². The van der Waals surface area contributed by atoms with Gasteiger partial charge in [0, 0.05) is 50.2 Å². The van der Waals surface area contributed by atoms with Crippen LogP contribution in [0.1, 0.15) is 76.8 Å². The molecular formula is C26H40N6O6. The van der Waals surface area contributed by atoms with Crippen molar-refractivity contribution in [2.24, 2.45) is 11.8 Å². The quantitative estimate of drug-likeness (QED) is 0.366. The summed E-state index contributed by atoms with van der Waals surface area (Å²) in [6.45, 7) is 12.4. The van der Waals surface area contributed by atoms with Crippen LogP contribution in [0.4, 0.5) is 0 Å². The molecule has 12 heteroatoms. The molecule has 2 unspecified atom stereocenters. The van der Waals surface area contributed by atoms with Crippen molar-refractivity contribution < 1.29 is 28.8 Å². The Kier molecular flexibility index (Phi) is 13.4. The number of unbranched alkanes of at least 4 members (excludes halogenated alkanes) is 2. The van der Waals surface area contributed by atoms with E-state index in [1.165, 1.54) is 0 Å². The Hall–Kier alpha value is -3.38. The zero-order chi connectivity index (χ0) is 27.9. The minimum atomic E-state index is -1.82. The van der Waals surface area contributed by atoms with Crippen molar-refractivity contribution in [2.75, 3.05) is 26.2 Å². The highest BCUT2D eigenvalue weighted by atomic mass is 16.5. The first kappa shape index (κ1) is 30.8. The van der Waals surface area contributed by atoms with Crippen molar-refractivity contribution in [2.45, 2.75) is 66.2 Å². The number of aliphatic carboxylic acids is 2. The Labute approximate surface area is 223 Å². The maximum Gasteiger partial charge on any atom is 0.414 e. The molecule has 4 N–H and O–H groups in total. The molecule has 210 valence electrons. The summed E-state index contributed by atoms with van der Waals surface area (Å²) in [5.74, 6) is 0.455. The zero-order valence-corrected chi connectivity index (χ0v) is 22.7. The third-order valence-electron chi connectivity index (χ3n) is 5.71. The third-order valence-corrected chi connectivity index (χ3v) is 5.71. The largest absolute Gasteiger partial charge is 0.473 e. The summed E-state index contributed by atoms with van der Waals surface area (Å²) in [7, 11) is 0. The summed E-state index contributed by atoms with van der Waals surface area (Å²) in [6, 6.07) is 0. The Bertz CT molecular complexity index is 992. The second-order valence-electron chi connectivity index (χ2n) is 9.45. The van der Waals surface area contributed by atoms with E-state index in [1.807, 2.05) is 0 Å². The average Bonchev–Trinajstić information content (AvgIpc) is 3.57. The molecule has 0 saturated heterocycles. The monoisotopic (exact) mass is 532 g/mol. The standard InChI is InChI=1S/2C12H19N3O.C2H2O4/c2*1-3-4-5-11-14-12(16-15-11)10-6-9(2)7-13-8-10;3-1(4)2(5)6/h2*6,9,13H,3-5,7-8H2,1-2H3;(H,3,4)(H,5,6). The third kappa shape index (κ3) is 10.9. The van der Waals surface area contributed by atoms with Gasteiger partial charge in [0.1, 0.15) is 0 Å². The number of rotatable bonds is 8. The van der Waals surface area contributed by atoms with Crippen molar-refractivity contribution >= 4 is 23.1 Å². The van der Waals surface area contributed by atoms with Gasteiger partial charge in [0.2, 0.25) is 0 Å². The molecule has 0 saturated carbocycles. The SMILES string of the molecule is CCCCc1noc(C2=CC(C)CNC2)n1.CCCCc1noc(C2=CC(C)CNC2)n1.O=C(O)C(=O)O. The Morgan fingerprint density at radius 1 is 0.816 bits per heavy atom. The van der Waals surface area contributed by atoms with Crippen LogP contribution in [0.5, 0.6) is 0 Å². The van der Waals surface area contributed by atoms with E-state index in [9.17, 15) is 0 Å². The predicted octanol–water partition coefficient (Wildman–Crippen LogP) is 3.23. The molecule has 0 amide bonds. The van der Waals surface area contributed by atoms with Gasteiger partial charge >= 0.3 is 11.9 Å². The summed E-state index contributed by atoms with van der Waals surface area (Å²) >= 11 is 0. The van der Waals surface area contributed by atoms with Crippen molar-refractivity contribution in [3.8, 4) is 0 Å². The number of aromatic nitrogens is 4. The van der Waals surface area contributed by atoms with E-state index in [-0.39, 0.29) is 0 Å². The van der Waals surface area contributed by atoms with Crippen molar-refractivity contribution in [1.29, 1.82) is 0 Å². The van der Waals surface area contributed by atoms with Crippen LogP contribution in [0.2, 0.25) is 0 Å². The van der Waals surface area contributed by atoms with Crippen LogP contribution in [0.15, 0.2) is 21.2 Å². The highest BCUT2D eigenvalue weighted by molar-refractivity contribution is 6.27. The highest BCUT2D eigenvalue weighted by Gasteiger charge is 2.17. The molecule has 2 aliphatic rings. The Morgan fingerprint density at radius 3 is 1.53 bits per heavy atom. The molecule has 38 heavy (non-hydrogen) atoms. The second kappa shape index (κ2) is 16.5. The fraction of sp³-hybridized carbons (Fsp3) is 0.615. The number of hydrogen-bond donors (Lipinski definition) is 4. The molecular weight excluding hydrogens is 492 g/mol. The number of nitrogens with one attached hydrogen (secondary N) is 2. The van der Waals surface area contributed by atoms with Gasteiger partial charge in [-0.05, 0) is 24.7 Å². The lowest BCUT2D eigenvalue weighted by molar-refractivity contribution is -0.159. The topological polar surface area (TPSA) is 176 Å². The van der Waals surface area contributed by atoms with Crippen LogP contribution in [0.3, 0.4) is 0 Å². The van der Waals surface area contributed by atoms with Gasteiger partial charge < -0.3 is 29.9 Å². The van der Waals surface area contributed by atoms with Gasteiger partial charge in [-0.2, -0.15) is 9.97 Å². The van der Waals surface area contributed by atoms with Crippen molar-refractivity contribution in [3.63, 3.8) is 0 Å². The molecule has 0 aliphatic carbocycles. The van der Waals surface area contributed by atoms with Crippen molar-refractivity contribution in [1.82, 2.24) is 30.9 Å². The maximum absolute atomic E-state index is 9.10. The van der Waals surface area contributed by atoms with Gasteiger partial charge in [-0.1, -0.05) is 63.0 Å². The summed E-state index contributed by atoms with van der Waals surface area (Å²) in [6.07, 6.45) is 10.8. The first-order valence-electron chi connectivity index (χ1n) is 13.2. The van der Waals surface area contributed by atoms with Crippen LogP contribution in [0.25, 0.3) is 11.1 Å². The Morgan fingerprint density at radius 2 is 1.21 bits per heavy atom. The molecule has 4 rings (SSSR count). The lowest BCUT2D eigenvalue weighted by atomic mass is 10.0.